The van der Waals surface area contributed by atoms with Gasteiger partial charge in [0.15, 0.2) is 11.5 Å². The van der Waals surface area contributed by atoms with Crippen LogP contribution in [0.15, 0.2) is 42.6 Å². The van der Waals surface area contributed by atoms with Crippen molar-refractivity contribution in [3.63, 3.8) is 0 Å². The molecule has 0 aliphatic carbocycles. The van der Waals surface area contributed by atoms with E-state index in [1.54, 1.807) is 7.11 Å². The fraction of sp³-hybridized carbons (Fsp3) is 0.368. The molecule has 2 heterocycles. The number of anilines is 1. The molecule has 0 radical (unpaired) electrons. The smallest absolute Gasteiger partial charge is 0.412 e. The van der Waals surface area contributed by atoms with Crippen LogP contribution in [0.5, 0.6) is 11.5 Å². The van der Waals surface area contributed by atoms with Crippen molar-refractivity contribution in [1.29, 1.82) is 0 Å². The molecule has 0 saturated carbocycles. The van der Waals surface area contributed by atoms with E-state index < -0.39 is 6.09 Å². The Morgan fingerprint density at radius 3 is 2.62 bits per heavy atom. The quantitative estimate of drug-likeness (QED) is 0.885. The second-order valence-corrected chi connectivity index (χ2v) is 6.08. The third kappa shape index (κ3) is 4.43. The van der Waals surface area contributed by atoms with E-state index in [1.165, 1.54) is 7.05 Å². The van der Waals surface area contributed by atoms with Gasteiger partial charge in [-0.3, -0.25) is 4.90 Å². The zero-order chi connectivity index (χ0) is 18.4. The van der Waals surface area contributed by atoms with Crippen molar-refractivity contribution in [2.24, 2.45) is 0 Å². The molecule has 0 spiro atoms. The number of methoxy groups -OCH3 is 1. The lowest BCUT2D eigenvalue weighted by Crippen LogP contribution is -2.46. The SMILES string of the molecule is CNC(=O)Oc1cc(CN2CCN(c3ccccn3)CC2)ccc1OC. The lowest BCUT2D eigenvalue weighted by atomic mass is 10.1. The monoisotopic (exact) mass is 356 g/mol. The molecule has 1 saturated heterocycles. The van der Waals surface area contributed by atoms with Gasteiger partial charge in [-0.15, -0.1) is 0 Å². The van der Waals surface area contributed by atoms with Gasteiger partial charge >= 0.3 is 6.09 Å². The summed E-state index contributed by atoms with van der Waals surface area (Å²) in [6.07, 6.45) is 1.32. The van der Waals surface area contributed by atoms with Crippen LogP contribution in [0.4, 0.5) is 10.6 Å². The van der Waals surface area contributed by atoms with Crippen LogP contribution in [-0.2, 0) is 6.54 Å². The maximum atomic E-state index is 11.5. The number of amides is 1. The van der Waals surface area contributed by atoms with Crippen LogP contribution in [0.2, 0.25) is 0 Å². The topological polar surface area (TPSA) is 66.9 Å². The first-order valence-electron chi connectivity index (χ1n) is 8.64. The molecule has 1 amide bonds. The molecule has 7 heteroatoms. The number of carbonyl (C=O) groups is 1. The summed E-state index contributed by atoms with van der Waals surface area (Å²) in [5.74, 6) is 1.99. The van der Waals surface area contributed by atoms with Crippen molar-refractivity contribution in [2.75, 3.05) is 45.2 Å². The minimum atomic E-state index is -0.510. The average Bonchev–Trinajstić information content (AvgIpc) is 2.69. The maximum absolute atomic E-state index is 11.5. The summed E-state index contributed by atoms with van der Waals surface area (Å²) in [6, 6.07) is 11.7. The number of nitrogens with one attached hydrogen (secondary N) is 1. The maximum Gasteiger partial charge on any atom is 0.412 e. The van der Waals surface area contributed by atoms with Crippen LogP contribution >= 0.6 is 0 Å². The minimum Gasteiger partial charge on any atom is -0.493 e. The second kappa shape index (κ2) is 8.53. The van der Waals surface area contributed by atoms with Crippen molar-refractivity contribution in [2.45, 2.75) is 6.54 Å². The van der Waals surface area contributed by atoms with Crippen molar-refractivity contribution in [3.8, 4) is 11.5 Å². The number of rotatable bonds is 5. The first kappa shape index (κ1) is 18.0. The molecule has 1 aromatic carbocycles. The highest BCUT2D eigenvalue weighted by Gasteiger charge is 2.19. The third-order valence-electron chi connectivity index (χ3n) is 4.39. The van der Waals surface area contributed by atoms with E-state index in [0.717, 1.165) is 44.1 Å². The lowest BCUT2D eigenvalue weighted by molar-refractivity contribution is 0.200. The van der Waals surface area contributed by atoms with Gasteiger partial charge in [0.05, 0.1) is 7.11 Å². The standard InChI is InChI=1S/C19H24N4O3/c1-20-19(24)26-17-13-15(6-7-16(17)25-2)14-22-9-11-23(12-10-22)18-5-3-4-8-21-18/h3-8,13H,9-12,14H2,1-2H3,(H,20,24). The summed E-state index contributed by atoms with van der Waals surface area (Å²) in [6.45, 7) is 4.58. The Morgan fingerprint density at radius 1 is 1.15 bits per heavy atom. The van der Waals surface area contributed by atoms with Gasteiger partial charge in [0.2, 0.25) is 0 Å². The molecular formula is C19H24N4O3. The zero-order valence-corrected chi connectivity index (χ0v) is 15.1. The molecule has 3 rings (SSSR count). The number of ether oxygens (including phenoxy) is 2. The van der Waals surface area contributed by atoms with E-state index in [4.69, 9.17) is 9.47 Å². The van der Waals surface area contributed by atoms with E-state index in [0.29, 0.717) is 11.5 Å². The summed E-state index contributed by atoms with van der Waals surface area (Å²) < 4.78 is 10.5. The van der Waals surface area contributed by atoms with Crippen molar-refractivity contribution >= 4 is 11.9 Å². The first-order valence-corrected chi connectivity index (χ1v) is 8.64. The normalized spacial score (nSPS) is 14.8. The van der Waals surface area contributed by atoms with Gasteiger partial charge in [-0.2, -0.15) is 0 Å². The predicted molar refractivity (Wildman–Crippen MR) is 99.8 cm³/mol. The van der Waals surface area contributed by atoms with Gasteiger partial charge in [-0.1, -0.05) is 12.1 Å². The van der Waals surface area contributed by atoms with Crippen LogP contribution < -0.4 is 19.7 Å². The van der Waals surface area contributed by atoms with Crippen LogP contribution in [0.3, 0.4) is 0 Å². The molecular weight excluding hydrogens is 332 g/mol. The molecule has 2 aromatic rings. The molecule has 1 aromatic heterocycles. The second-order valence-electron chi connectivity index (χ2n) is 6.08. The Morgan fingerprint density at radius 2 is 1.96 bits per heavy atom. The van der Waals surface area contributed by atoms with Crippen molar-refractivity contribution in [3.05, 3.63) is 48.2 Å². The highest BCUT2D eigenvalue weighted by Crippen LogP contribution is 2.29. The Balaban J connectivity index is 1.61. The molecule has 138 valence electrons. The van der Waals surface area contributed by atoms with E-state index in [-0.39, 0.29) is 0 Å². The summed E-state index contributed by atoms with van der Waals surface area (Å²) in [5, 5.41) is 2.45. The highest BCUT2D eigenvalue weighted by atomic mass is 16.6. The van der Waals surface area contributed by atoms with Crippen LogP contribution in [0, 0.1) is 0 Å². The fourth-order valence-electron chi connectivity index (χ4n) is 2.98. The van der Waals surface area contributed by atoms with Gasteiger partial charge in [0.25, 0.3) is 0 Å². The van der Waals surface area contributed by atoms with Crippen LogP contribution in [-0.4, -0.2) is 56.3 Å². The third-order valence-corrected chi connectivity index (χ3v) is 4.39. The molecule has 7 nitrogen and oxygen atoms in total. The molecule has 1 aliphatic rings. The Labute approximate surface area is 153 Å². The largest absolute Gasteiger partial charge is 0.493 e. The van der Waals surface area contributed by atoms with Crippen LogP contribution in [0.1, 0.15) is 5.56 Å². The fourth-order valence-corrected chi connectivity index (χ4v) is 2.98. The predicted octanol–water partition coefficient (Wildman–Crippen LogP) is 2.13. The molecule has 26 heavy (non-hydrogen) atoms. The number of pyridine rings is 1. The Kier molecular flexibility index (Phi) is 5.91. The number of hydrogen-bond donors (Lipinski definition) is 1. The molecule has 1 aliphatic heterocycles. The van der Waals surface area contributed by atoms with Crippen molar-refractivity contribution in [1.82, 2.24) is 15.2 Å². The molecule has 0 atom stereocenters. The average molecular weight is 356 g/mol. The number of nitrogens with zero attached hydrogens (tertiary/aromatic N) is 3. The Bertz CT molecular complexity index is 731. The number of hydrogen-bond acceptors (Lipinski definition) is 6. The molecule has 0 unspecified atom stereocenters. The summed E-state index contributed by atoms with van der Waals surface area (Å²) in [4.78, 5) is 20.6. The molecule has 1 fully saturated rings. The number of benzene rings is 1. The molecule has 0 bridgehead atoms. The van der Waals surface area contributed by atoms with E-state index >= 15 is 0 Å². The van der Waals surface area contributed by atoms with Gasteiger partial charge in [0, 0.05) is 46.0 Å². The van der Waals surface area contributed by atoms with E-state index in [1.807, 2.05) is 42.6 Å². The summed E-state index contributed by atoms with van der Waals surface area (Å²) in [5.41, 5.74) is 1.08. The lowest BCUT2D eigenvalue weighted by Gasteiger charge is -2.35. The van der Waals surface area contributed by atoms with Gasteiger partial charge in [-0.25, -0.2) is 9.78 Å². The van der Waals surface area contributed by atoms with Gasteiger partial charge < -0.3 is 19.7 Å². The number of carbonyl (C=O) groups excluding carboxylic acids is 1. The highest BCUT2D eigenvalue weighted by molar-refractivity contribution is 5.71. The van der Waals surface area contributed by atoms with Crippen molar-refractivity contribution < 1.29 is 14.3 Å². The number of piperazine rings is 1. The summed E-state index contributed by atoms with van der Waals surface area (Å²) in [7, 11) is 3.09. The molecule has 1 N–H and O–H groups in total. The van der Waals surface area contributed by atoms with Gasteiger partial charge in [-0.05, 0) is 29.8 Å². The summed E-state index contributed by atoms with van der Waals surface area (Å²) >= 11 is 0. The van der Waals surface area contributed by atoms with E-state index in [2.05, 4.69) is 20.1 Å². The van der Waals surface area contributed by atoms with E-state index in [9.17, 15) is 4.79 Å². The van der Waals surface area contributed by atoms with Gasteiger partial charge in [0.1, 0.15) is 5.82 Å². The Hall–Kier alpha value is -2.80. The van der Waals surface area contributed by atoms with Crippen LogP contribution in [0.25, 0.3) is 0 Å². The zero-order valence-electron chi connectivity index (χ0n) is 15.1. The number of aromatic nitrogens is 1. The minimum absolute atomic E-state index is 0.427. The first-order chi connectivity index (χ1) is 12.7.